The van der Waals surface area contributed by atoms with E-state index in [1.54, 1.807) is 25.7 Å². The van der Waals surface area contributed by atoms with Gasteiger partial charge in [-0.15, -0.1) is 0 Å². The van der Waals surface area contributed by atoms with Crippen LogP contribution in [0.3, 0.4) is 0 Å². The normalized spacial score (nSPS) is 20.8. The molecular weight excluding hydrogens is 323 g/mol. The number of halogens is 3. The van der Waals surface area contributed by atoms with E-state index in [4.69, 9.17) is 4.74 Å². The van der Waals surface area contributed by atoms with Crippen molar-refractivity contribution in [3.8, 4) is 0 Å². The van der Waals surface area contributed by atoms with Crippen LogP contribution in [0, 0.1) is 13.8 Å². The number of rotatable bonds is 3. The molecule has 136 valence electrons. The lowest BCUT2D eigenvalue weighted by molar-refractivity contribution is -0.143. The summed E-state index contributed by atoms with van der Waals surface area (Å²) in [6, 6.07) is 0.0493. The van der Waals surface area contributed by atoms with Crippen LogP contribution in [0.5, 0.6) is 0 Å². The molecule has 2 unspecified atom stereocenters. The molecule has 0 N–H and O–H groups in total. The van der Waals surface area contributed by atoms with Gasteiger partial charge in [-0.3, -0.25) is 9.48 Å². The molecule has 2 atom stereocenters. The first-order chi connectivity index (χ1) is 11.1. The summed E-state index contributed by atoms with van der Waals surface area (Å²) in [4.78, 5) is 14.6. The second kappa shape index (κ2) is 7.13. The van der Waals surface area contributed by atoms with Crippen molar-refractivity contribution in [3.63, 3.8) is 0 Å². The van der Waals surface area contributed by atoms with Gasteiger partial charge in [0, 0.05) is 30.5 Å². The average molecular weight is 347 g/mol. The third-order valence-corrected chi connectivity index (χ3v) is 4.54. The van der Waals surface area contributed by atoms with Crippen LogP contribution in [-0.2, 0) is 16.1 Å². The van der Waals surface area contributed by atoms with E-state index in [9.17, 15) is 18.0 Å². The van der Waals surface area contributed by atoms with E-state index in [1.807, 2.05) is 6.92 Å². The molecule has 0 bridgehead atoms. The average Bonchev–Trinajstić information content (AvgIpc) is 2.64. The van der Waals surface area contributed by atoms with Gasteiger partial charge in [-0.1, -0.05) is 0 Å². The predicted octanol–water partition coefficient (Wildman–Crippen LogP) is 2.80. The summed E-state index contributed by atoms with van der Waals surface area (Å²) in [5.41, 5.74) is 1.45. The summed E-state index contributed by atoms with van der Waals surface area (Å²) in [5, 5.41) is 3.98. The molecule has 1 aromatic rings. The summed E-state index contributed by atoms with van der Waals surface area (Å²) in [5.74, 6) is -0.627. The summed E-state index contributed by atoms with van der Waals surface area (Å²) in [7, 11) is 0. The maximum absolute atomic E-state index is 12.9. The van der Waals surface area contributed by atoms with Crippen LogP contribution in [-0.4, -0.2) is 52.6 Å². The van der Waals surface area contributed by atoms with Gasteiger partial charge in [-0.25, -0.2) is 0 Å². The molecule has 1 amide bonds. The third-order valence-electron chi connectivity index (χ3n) is 4.54. The Bertz CT molecular complexity index is 598. The zero-order valence-corrected chi connectivity index (χ0v) is 14.5. The zero-order chi connectivity index (χ0) is 18.1. The van der Waals surface area contributed by atoms with Gasteiger partial charge >= 0.3 is 6.18 Å². The minimum atomic E-state index is -4.34. The van der Waals surface area contributed by atoms with Crippen molar-refractivity contribution in [1.82, 2.24) is 14.7 Å². The van der Waals surface area contributed by atoms with Crippen molar-refractivity contribution in [2.24, 2.45) is 0 Å². The summed E-state index contributed by atoms with van der Waals surface area (Å²) < 4.78 is 44.3. The smallest absolute Gasteiger partial charge is 0.380 e. The topological polar surface area (TPSA) is 47.4 Å². The van der Waals surface area contributed by atoms with E-state index in [2.05, 4.69) is 5.10 Å². The monoisotopic (exact) mass is 347 g/mol. The molecule has 1 saturated heterocycles. The van der Waals surface area contributed by atoms with Crippen LogP contribution in [0.4, 0.5) is 13.2 Å². The van der Waals surface area contributed by atoms with E-state index < -0.39 is 18.6 Å². The van der Waals surface area contributed by atoms with E-state index >= 15 is 0 Å². The van der Waals surface area contributed by atoms with E-state index in [1.165, 1.54) is 0 Å². The molecule has 1 aromatic heterocycles. The zero-order valence-electron chi connectivity index (χ0n) is 14.5. The van der Waals surface area contributed by atoms with Gasteiger partial charge in [0.25, 0.3) is 0 Å². The highest BCUT2D eigenvalue weighted by Crippen LogP contribution is 2.28. The van der Waals surface area contributed by atoms with Crippen LogP contribution in [0.2, 0.25) is 0 Å². The number of alkyl halides is 3. The van der Waals surface area contributed by atoms with E-state index in [-0.39, 0.29) is 11.9 Å². The van der Waals surface area contributed by atoms with Gasteiger partial charge in [0.15, 0.2) is 0 Å². The molecule has 2 rings (SSSR count). The number of carbonyl (C=O) groups is 1. The Kier molecular flexibility index (Phi) is 5.57. The lowest BCUT2D eigenvalue weighted by Gasteiger charge is -2.29. The Balaban J connectivity index is 2.25. The predicted molar refractivity (Wildman–Crippen MR) is 82.8 cm³/mol. The Morgan fingerprint density at radius 2 is 2.04 bits per heavy atom. The first-order valence-corrected chi connectivity index (χ1v) is 8.10. The number of nitrogens with zero attached hydrogens (tertiary/aromatic N) is 3. The molecule has 0 saturated carbocycles. The van der Waals surface area contributed by atoms with Gasteiger partial charge in [0.05, 0.1) is 18.2 Å². The molecule has 24 heavy (non-hydrogen) atoms. The third kappa shape index (κ3) is 4.09. The first kappa shape index (κ1) is 18.8. The highest BCUT2D eigenvalue weighted by Gasteiger charge is 2.33. The molecule has 8 heteroatoms. The number of amides is 1. The Morgan fingerprint density at radius 3 is 2.67 bits per heavy atom. The minimum Gasteiger partial charge on any atom is -0.380 e. The Morgan fingerprint density at radius 1 is 1.38 bits per heavy atom. The van der Waals surface area contributed by atoms with Crippen molar-refractivity contribution in [2.45, 2.75) is 58.8 Å². The highest BCUT2D eigenvalue weighted by molar-refractivity contribution is 5.84. The molecule has 0 aromatic carbocycles. The molecule has 1 aliphatic heterocycles. The lowest BCUT2D eigenvalue weighted by atomic mass is 9.96. The first-order valence-electron chi connectivity index (χ1n) is 8.10. The molecular formula is C16H24F3N3O2. The van der Waals surface area contributed by atoms with Gasteiger partial charge in [0.2, 0.25) is 5.91 Å². The van der Waals surface area contributed by atoms with Gasteiger partial charge in [0.1, 0.15) is 6.54 Å². The molecule has 5 nitrogen and oxygen atoms in total. The fourth-order valence-electron chi connectivity index (χ4n) is 3.26. The summed E-state index contributed by atoms with van der Waals surface area (Å²) >= 11 is 0. The van der Waals surface area contributed by atoms with E-state index in [0.29, 0.717) is 36.7 Å². The van der Waals surface area contributed by atoms with Crippen LogP contribution >= 0.6 is 0 Å². The number of aromatic nitrogens is 2. The summed E-state index contributed by atoms with van der Waals surface area (Å²) in [6.45, 7) is 7.37. The van der Waals surface area contributed by atoms with Crippen molar-refractivity contribution < 1.29 is 22.7 Å². The number of carbonyl (C=O) groups excluding carboxylic acids is 1. The molecule has 0 radical (unpaired) electrons. The quantitative estimate of drug-likeness (QED) is 0.845. The molecule has 2 heterocycles. The Hall–Kier alpha value is -1.57. The maximum atomic E-state index is 12.9. The van der Waals surface area contributed by atoms with Gasteiger partial charge in [-0.05, 0) is 34.1 Å². The molecule has 0 aliphatic carbocycles. The fraction of sp³-hybridized carbons (Fsp3) is 0.750. The second-order valence-electron chi connectivity index (χ2n) is 6.36. The maximum Gasteiger partial charge on any atom is 0.408 e. The fourth-order valence-corrected chi connectivity index (χ4v) is 3.26. The van der Waals surface area contributed by atoms with Gasteiger partial charge in [-0.2, -0.15) is 18.3 Å². The second-order valence-corrected chi connectivity index (χ2v) is 6.36. The molecule has 1 fully saturated rings. The highest BCUT2D eigenvalue weighted by atomic mass is 19.4. The van der Waals surface area contributed by atoms with E-state index in [0.717, 1.165) is 11.1 Å². The molecule has 1 aliphatic rings. The molecule has 0 spiro atoms. The van der Waals surface area contributed by atoms with Crippen LogP contribution in [0.25, 0.3) is 0 Å². The van der Waals surface area contributed by atoms with Crippen LogP contribution in [0.15, 0.2) is 0 Å². The van der Waals surface area contributed by atoms with Gasteiger partial charge < -0.3 is 9.64 Å². The largest absolute Gasteiger partial charge is 0.408 e. The van der Waals surface area contributed by atoms with Crippen molar-refractivity contribution in [1.29, 1.82) is 0 Å². The SMILES string of the molecule is Cc1nn(CC(F)(F)F)c(C)c1C(C)C(=O)N1CCOCCC1C. The number of ether oxygens (including phenoxy) is 1. The van der Waals surface area contributed by atoms with Crippen LogP contribution in [0.1, 0.15) is 43.1 Å². The number of aryl methyl sites for hydroxylation is 1. The van der Waals surface area contributed by atoms with Crippen LogP contribution < -0.4 is 0 Å². The summed E-state index contributed by atoms with van der Waals surface area (Å²) in [6.07, 6.45) is -3.59. The minimum absolute atomic E-state index is 0.0493. The van der Waals surface area contributed by atoms with Crippen molar-refractivity contribution in [2.75, 3.05) is 19.8 Å². The number of hydrogen-bond donors (Lipinski definition) is 0. The lowest BCUT2D eigenvalue weighted by Crippen LogP contribution is -2.41. The standard InChI is InChI=1S/C16H24F3N3O2/c1-10-5-7-24-8-6-21(10)15(23)11(2)14-12(3)20-22(13(14)4)9-16(17,18)19/h10-11H,5-9H2,1-4H3. The Labute approximate surface area is 139 Å². The number of hydrogen-bond acceptors (Lipinski definition) is 3. The van der Waals surface area contributed by atoms with Crippen molar-refractivity contribution in [3.05, 3.63) is 17.0 Å². The van der Waals surface area contributed by atoms with Crippen molar-refractivity contribution >= 4 is 5.91 Å².